The maximum atomic E-state index is 12.3. The Kier molecular flexibility index (Phi) is 4.89. The van der Waals surface area contributed by atoms with Gasteiger partial charge in [0.15, 0.2) is 0 Å². The van der Waals surface area contributed by atoms with Gasteiger partial charge in [-0.15, -0.1) is 0 Å². The van der Waals surface area contributed by atoms with Crippen LogP contribution in [-0.2, 0) is 14.3 Å². The van der Waals surface area contributed by atoms with E-state index in [2.05, 4.69) is 0 Å². The number of rotatable bonds is 4. The number of hydrogen-bond donors (Lipinski definition) is 1. The van der Waals surface area contributed by atoms with Gasteiger partial charge in [-0.2, -0.15) is 0 Å². The highest BCUT2D eigenvalue weighted by molar-refractivity contribution is 5.76. The van der Waals surface area contributed by atoms with Crippen molar-refractivity contribution in [3.63, 3.8) is 0 Å². The molecule has 3 rings (SSSR count). The lowest BCUT2D eigenvalue weighted by molar-refractivity contribution is -0.162. The van der Waals surface area contributed by atoms with Crippen molar-refractivity contribution in [3.8, 4) is 0 Å². The van der Waals surface area contributed by atoms with Crippen LogP contribution in [0.1, 0.15) is 51.9 Å². The van der Waals surface area contributed by atoms with E-state index >= 15 is 0 Å². The third-order valence-electron chi connectivity index (χ3n) is 6.31. The Hall–Kier alpha value is -1.14. The number of likely N-dealkylation sites (tertiary alicyclic amines) is 2. The Balaban J connectivity index is 1.41. The second kappa shape index (κ2) is 6.64. The van der Waals surface area contributed by atoms with Crippen LogP contribution in [-0.4, -0.2) is 71.7 Å². The fourth-order valence-corrected chi connectivity index (χ4v) is 4.82. The predicted molar refractivity (Wildman–Crippen MR) is 89.3 cm³/mol. The lowest BCUT2D eigenvalue weighted by Crippen LogP contribution is -2.56. The number of ether oxygens (including phenoxy) is 1. The van der Waals surface area contributed by atoms with E-state index in [0.717, 1.165) is 51.7 Å². The maximum Gasteiger partial charge on any atom is 0.222 e. The third-order valence-corrected chi connectivity index (χ3v) is 6.31. The Labute approximate surface area is 144 Å². The number of piperidine rings is 1. The first-order valence-corrected chi connectivity index (χ1v) is 9.13. The van der Waals surface area contributed by atoms with Gasteiger partial charge in [-0.1, -0.05) is 0 Å². The molecule has 0 aromatic carbocycles. The number of amides is 2. The largest absolute Gasteiger partial charge is 0.390 e. The molecule has 3 fully saturated rings. The lowest BCUT2D eigenvalue weighted by Gasteiger charge is -2.57. The van der Waals surface area contributed by atoms with Crippen LogP contribution in [0.2, 0.25) is 0 Å². The van der Waals surface area contributed by atoms with Gasteiger partial charge in [0.25, 0.3) is 0 Å². The van der Waals surface area contributed by atoms with Crippen molar-refractivity contribution in [1.29, 1.82) is 0 Å². The molecule has 3 aliphatic rings. The highest BCUT2D eigenvalue weighted by atomic mass is 16.5. The Morgan fingerprint density at radius 2 is 1.83 bits per heavy atom. The summed E-state index contributed by atoms with van der Waals surface area (Å²) in [6.07, 6.45) is 5.55. The Morgan fingerprint density at radius 1 is 1.17 bits per heavy atom. The molecule has 24 heavy (non-hydrogen) atoms. The van der Waals surface area contributed by atoms with Crippen LogP contribution in [0.4, 0.5) is 0 Å². The van der Waals surface area contributed by atoms with Crippen molar-refractivity contribution in [1.82, 2.24) is 9.80 Å². The molecule has 1 aliphatic carbocycles. The Morgan fingerprint density at radius 3 is 2.38 bits per heavy atom. The normalized spacial score (nSPS) is 28.0. The molecule has 1 saturated carbocycles. The van der Waals surface area contributed by atoms with Gasteiger partial charge in [0.2, 0.25) is 11.8 Å². The van der Waals surface area contributed by atoms with Crippen LogP contribution in [0.25, 0.3) is 0 Å². The quantitative estimate of drug-likeness (QED) is 0.835. The first-order valence-electron chi connectivity index (χ1n) is 9.13. The van der Waals surface area contributed by atoms with E-state index in [1.807, 2.05) is 9.80 Å². The highest BCUT2D eigenvalue weighted by Gasteiger charge is 2.54. The van der Waals surface area contributed by atoms with Crippen molar-refractivity contribution in [3.05, 3.63) is 0 Å². The summed E-state index contributed by atoms with van der Waals surface area (Å²) in [5.41, 5.74) is -0.493. The molecule has 2 saturated heterocycles. The minimum Gasteiger partial charge on any atom is -0.390 e. The molecule has 1 spiro atoms. The van der Waals surface area contributed by atoms with E-state index in [1.165, 1.54) is 0 Å². The van der Waals surface area contributed by atoms with Crippen LogP contribution in [0.5, 0.6) is 0 Å². The van der Waals surface area contributed by atoms with Crippen LogP contribution < -0.4 is 0 Å². The smallest absolute Gasteiger partial charge is 0.222 e. The summed E-state index contributed by atoms with van der Waals surface area (Å²) < 4.78 is 5.30. The van der Waals surface area contributed by atoms with Crippen molar-refractivity contribution in [2.24, 2.45) is 5.41 Å². The number of nitrogens with zero attached hydrogens (tertiary/aromatic N) is 2. The average Bonchev–Trinajstić information content (AvgIpc) is 3.01. The summed E-state index contributed by atoms with van der Waals surface area (Å²) in [5, 5.41) is 10.7. The van der Waals surface area contributed by atoms with Crippen LogP contribution >= 0.6 is 0 Å². The van der Waals surface area contributed by atoms with E-state index in [1.54, 1.807) is 14.0 Å². The second-order valence-corrected chi connectivity index (χ2v) is 8.07. The highest BCUT2D eigenvalue weighted by Crippen LogP contribution is 2.56. The lowest BCUT2D eigenvalue weighted by atomic mass is 9.54. The molecular weight excluding hydrogens is 308 g/mol. The number of methoxy groups -OCH3 is 1. The van der Waals surface area contributed by atoms with Gasteiger partial charge >= 0.3 is 0 Å². The summed E-state index contributed by atoms with van der Waals surface area (Å²) in [7, 11) is 1.69. The maximum absolute atomic E-state index is 12.3. The molecule has 1 atom stereocenters. The summed E-state index contributed by atoms with van der Waals surface area (Å²) >= 11 is 0. The molecule has 0 aromatic rings. The van der Waals surface area contributed by atoms with E-state index in [0.29, 0.717) is 19.4 Å². The van der Waals surface area contributed by atoms with Gasteiger partial charge in [0, 0.05) is 46.6 Å². The van der Waals surface area contributed by atoms with Gasteiger partial charge in [0.1, 0.15) is 0 Å². The van der Waals surface area contributed by atoms with E-state index in [-0.39, 0.29) is 23.3 Å². The molecule has 6 heteroatoms. The first kappa shape index (κ1) is 17.7. The third kappa shape index (κ3) is 3.59. The van der Waals surface area contributed by atoms with Gasteiger partial charge < -0.3 is 19.6 Å². The number of hydrogen-bond acceptors (Lipinski definition) is 4. The fraction of sp³-hybridized carbons (Fsp3) is 0.889. The van der Waals surface area contributed by atoms with Crippen molar-refractivity contribution in [2.45, 2.75) is 63.6 Å². The minimum atomic E-state index is -0.686. The summed E-state index contributed by atoms with van der Waals surface area (Å²) in [6.45, 7) is 4.67. The van der Waals surface area contributed by atoms with Crippen LogP contribution in [0, 0.1) is 5.41 Å². The molecule has 2 heterocycles. The molecular formula is C18H30N2O4. The summed E-state index contributed by atoms with van der Waals surface area (Å²) in [5.74, 6) is 0.278. The number of carbonyl (C=O) groups is 2. The first-order chi connectivity index (χ1) is 11.3. The predicted octanol–water partition coefficient (Wildman–Crippen LogP) is 1.17. The van der Waals surface area contributed by atoms with E-state index in [4.69, 9.17) is 4.74 Å². The minimum absolute atomic E-state index is 0.135. The zero-order valence-electron chi connectivity index (χ0n) is 14.9. The molecule has 1 unspecified atom stereocenters. The molecule has 2 aliphatic heterocycles. The fourth-order valence-electron chi connectivity index (χ4n) is 4.82. The van der Waals surface area contributed by atoms with Gasteiger partial charge in [-0.05, 0) is 43.9 Å². The Bertz CT molecular complexity index is 491. The SMILES string of the molecule is COC1CCN(C(=O)CCC2(O)CC3(CCN(C(C)=O)CC3)C2)C1. The molecule has 0 bridgehead atoms. The van der Waals surface area contributed by atoms with Crippen molar-refractivity contribution >= 4 is 11.8 Å². The summed E-state index contributed by atoms with van der Waals surface area (Å²) in [6, 6.07) is 0. The van der Waals surface area contributed by atoms with E-state index < -0.39 is 5.60 Å². The zero-order valence-corrected chi connectivity index (χ0v) is 14.9. The molecule has 1 N–H and O–H groups in total. The molecule has 0 aromatic heterocycles. The van der Waals surface area contributed by atoms with Crippen LogP contribution in [0.15, 0.2) is 0 Å². The van der Waals surface area contributed by atoms with Gasteiger partial charge in [-0.3, -0.25) is 9.59 Å². The zero-order chi connectivity index (χ0) is 17.4. The molecule has 6 nitrogen and oxygen atoms in total. The molecule has 2 amide bonds. The van der Waals surface area contributed by atoms with Crippen LogP contribution in [0.3, 0.4) is 0 Å². The number of carbonyl (C=O) groups excluding carboxylic acids is 2. The number of aliphatic hydroxyl groups is 1. The second-order valence-electron chi connectivity index (χ2n) is 8.07. The van der Waals surface area contributed by atoms with E-state index in [9.17, 15) is 14.7 Å². The monoisotopic (exact) mass is 338 g/mol. The van der Waals surface area contributed by atoms with Crippen molar-refractivity contribution < 1.29 is 19.4 Å². The standard InChI is InChI=1S/C18H30N2O4/c1-14(21)19-9-6-17(7-10-19)12-18(23,13-17)5-3-16(22)20-8-4-15(11-20)24-2/h15,23H,3-13H2,1-2H3. The average molecular weight is 338 g/mol. The topological polar surface area (TPSA) is 70.1 Å². The van der Waals surface area contributed by atoms with Gasteiger partial charge in [-0.25, -0.2) is 0 Å². The summed E-state index contributed by atoms with van der Waals surface area (Å²) in [4.78, 5) is 27.5. The van der Waals surface area contributed by atoms with Gasteiger partial charge in [0.05, 0.1) is 11.7 Å². The van der Waals surface area contributed by atoms with Crippen molar-refractivity contribution in [2.75, 3.05) is 33.3 Å². The molecule has 136 valence electrons. The molecule has 0 radical (unpaired) electrons.